The van der Waals surface area contributed by atoms with E-state index in [1.54, 1.807) is 0 Å². The van der Waals surface area contributed by atoms with E-state index < -0.39 is 45.0 Å². The molecule has 156 valence electrons. The van der Waals surface area contributed by atoms with Gasteiger partial charge in [0.2, 0.25) is 21.8 Å². The first-order chi connectivity index (χ1) is 13.5. The predicted molar refractivity (Wildman–Crippen MR) is 98.9 cm³/mol. The number of hydrogen-bond acceptors (Lipinski definition) is 5. The molecule has 0 saturated heterocycles. The summed E-state index contributed by atoms with van der Waals surface area (Å²) in [5, 5.41) is 9.57. The highest BCUT2D eigenvalue weighted by atomic mass is 32.2. The maximum Gasteiger partial charge on any atom is 0.238 e. The zero-order valence-electron chi connectivity index (χ0n) is 15.1. The van der Waals surface area contributed by atoms with Crippen LogP contribution in [-0.2, 0) is 19.6 Å². The fourth-order valence-electron chi connectivity index (χ4n) is 2.29. The highest BCUT2D eigenvalue weighted by Crippen LogP contribution is 2.19. The number of nitrogens with two attached hydrogens (primary N) is 1. The molecule has 29 heavy (non-hydrogen) atoms. The highest BCUT2D eigenvalue weighted by molar-refractivity contribution is 7.89. The largest absolute Gasteiger partial charge is 0.325 e. The van der Waals surface area contributed by atoms with Crippen LogP contribution in [0.3, 0.4) is 0 Å². The molecule has 8 nitrogen and oxygen atoms in total. The molecule has 2 amide bonds. The SMILES string of the molecule is CN(CC(=O)Nc1ccc(S(N)(=O)=O)cc1)CC(=O)Nc1ccc(F)c(F)c1F. The van der Waals surface area contributed by atoms with E-state index in [-0.39, 0.29) is 18.0 Å². The molecule has 0 atom stereocenters. The topological polar surface area (TPSA) is 122 Å². The number of sulfonamides is 1. The van der Waals surface area contributed by atoms with Gasteiger partial charge in [0.05, 0.1) is 23.7 Å². The first-order valence-corrected chi connectivity index (χ1v) is 9.56. The third kappa shape index (κ3) is 6.27. The molecule has 0 aromatic heterocycles. The standard InChI is InChI=1S/C17H17F3N4O4S/c1-24(9-15(26)23-13-7-6-12(18)16(19)17(13)20)8-14(25)22-10-2-4-11(5-3-10)29(21,27)28/h2-7H,8-9H2,1H3,(H,22,25)(H,23,26)(H2,21,27,28). The molecule has 2 aromatic carbocycles. The summed E-state index contributed by atoms with van der Waals surface area (Å²) >= 11 is 0. The number of nitrogens with zero attached hydrogens (tertiary/aromatic N) is 1. The van der Waals surface area contributed by atoms with Crippen molar-refractivity contribution in [2.24, 2.45) is 5.14 Å². The molecule has 2 aromatic rings. The molecular formula is C17H17F3N4O4S. The van der Waals surface area contributed by atoms with Crippen molar-refractivity contribution in [1.29, 1.82) is 0 Å². The summed E-state index contributed by atoms with van der Waals surface area (Å²) in [5.41, 5.74) is -0.217. The molecule has 0 aliphatic rings. The number of rotatable bonds is 7. The Kier molecular flexibility index (Phi) is 6.95. The number of likely N-dealkylation sites (N-methyl/N-ethyl adjacent to an activating group) is 1. The summed E-state index contributed by atoms with van der Waals surface area (Å²) in [4.78, 5) is 25.1. The number of carbonyl (C=O) groups is 2. The Balaban J connectivity index is 1.88. The molecule has 0 saturated carbocycles. The zero-order chi connectivity index (χ0) is 21.8. The van der Waals surface area contributed by atoms with Crippen LogP contribution in [0, 0.1) is 17.5 Å². The molecule has 2 rings (SSSR count). The van der Waals surface area contributed by atoms with Crippen LogP contribution in [0.5, 0.6) is 0 Å². The van der Waals surface area contributed by atoms with Gasteiger partial charge in [-0.05, 0) is 43.4 Å². The van der Waals surface area contributed by atoms with Crippen molar-refractivity contribution in [1.82, 2.24) is 4.90 Å². The average Bonchev–Trinajstić information content (AvgIpc) is 2.61. The van der Waals surface area contributed by atoms with Crippen LogP contribution in [0.25, 0.3) is 0 Å². The smallest absolute Gasteiger partial charge is 0.238 e. The molecule has 0 fully saturated rings. The van der Waals surface area contributed by atoms with Crippen molar-refractivity contribution in [3.63, 3.8) is 0 Å². The number of halogens is 3. The molecule has 0 unspecified atom stereocenters. The molecule has 0 radical (unpaired) electrons. The third-order valence-corrected chi connectivity index (χ3v) is 4.53. The molecule has 0 heterocycles. The van der Waals surface area contributed by atoms with Crippen molar-refractivity contribution in [3.05, 3.63) is 53.8 Å². The minimum atomic E-state index is -3.85. The van der Waals surface area contributed by atoms with Gasteiger partial charge in [-0.3, -0.25) is 14.5 Å². The van der Waals surface area contributed by atoms with Gasteiger partial charge >= 0.3 is 0 Å². The number of nitrogens with one attached hydrogen (secondary N) is 2. The monoisotopic (exact) mass is 430 g/mol. The Morgan fingerprint density at radius 3 is 2.03 bits per heavy atom. The summed E-state index contributed by atoms with van der Waals surface area (Å²) in [6, 6.07) is 6.68. The Morgan fingerprint density at radius 1 is 0.931 bits per heavy atom. The van der Waals surface area contributed by atoms with Crippen molar-refractivity contribution in [2.45, 2.75) is 4.90 Å². The fourth-order valence-corrected chi connectivity index (χ4v) is 2.80. The molecule has 0 aliphatic heterocycles. The van der Waals surface area contributed by atoms with Gasteiger partial charge in [0.25, 0.3) is 0 Å². The summed E-state index contributed by atoms with van der Waals surface area (Å²) in [6.45, 7) is -0.569. The van der Waals surface area contributed by atoms with E-state index in [1.165, 1.54) is 36.2 Å². The summed E-state index contributed by atoms with van der Waals surface area (Å²) < 4.78 is 62.0. The molecule has 0 aliphatic carbocycles. The first-order valence-electron chi connectivity index (χ1n) is 8.02. The number of hydrogen-bond donors (Lipinski definition) is 3. The van der Waals surface area contributed by atoms with Crippen molar-refractivity contribution >= 4 is 33.2 Å². The lowest BCUT2D eigenvalue weighted by Crippen LogP contribution is -2.36. The van der Waals surface area contributed by atoms with Crippen LogP contribution >= 0.6 is 0 Å². The summed E-state index contributed by atoms with van der Waals surface area (Å²) in [5.74, 6) is -5.87. The van der Waals surface area contributed by atoms with Gasteiger partial charge in [-0.25, -0.2) is 26.7 Å². The first kappa shape index (κ1) is 22.3. The van der Waals surface area contributed by atoms with Gasteiger partial charge in [-0.2, -0.15) is 0 Å². The molecule has 12 heteroatoms. The van der Waals surface area contributed by atoms with E-state index in [2.05, 4.69) is 10.6 Å². The Hall–Kier alpha value is -2.96. The summed E-state index contributed by atoms with van der Waals surface area (Å²) in [7, 11) is -2.42. The minimum Gasteiger partial charge on any atom is -0.325 e. The van der Waals surface area contributed by atoms with Gasteiger partial charge in [-0.1, -0.05) is 0 Å². The van der Waals surface area contributed by atoms with E-state index >= 15 is 0 Å². The van der Waals surface area contributed by atoms with Crippen molar-refractivity contribution in [2.75, 3.05) is 30.8 Å². The summed E-state index contributed by atoms with van der Waals surface area (Å²) in [6.07, 6.45) is 0. The second kappa shape index (κ2) is 9.03. The number of amides is 2. The van der Waals surface area contributed by atoms with Gasteiger partial charge in [0, 0.05) is 5.69 Å². The van der Waals surface area contributed by atoms with E-state index in [0.717, 1.165) is 6.07 Å². The third-order valence-electron chi connectivity index (χ3n) is 3.60. The van der Waals surface area contributed by atoms with Gasteiger partial charge in [0.1, 0.15) is 0 Å². The lowest BCUT2D eigenvalue weighted by molar-refractivity contribution is -0.119. The van der Waals surface area contributed by atoms with Crippen LogP contribution in [-0.4, -0.2) is 45.3 Å². The average molecular weight is 430 g/mol. The van der Waals surface area contributed by atoms with Crippen molar-refractivity contribution in [3.8, 4) is 0 Å². The van der Waals surface area contributed by atoms with E-state index in [4.69, 9.17) is 5.14 Å². The molecular weight excluding hydrogens is 413 g/mol. The second-order valence-corrected chi connectivity index (χ2v) is 7.62. The minimum absolute atomic E-state index is 0.117. The van der Waals surface area contributed by atoms with Crippen LogP contribution in [0.15, 0.2) is 41.3 Å². The number of primary sulfonamides is 1. The quantitative estimate of drug-likeness (QED) is 0.571. The van der Waals surface area contributed by atoms with Crippen LogP contribution in [0.4, 0.5) is 24.5 Å². The normalized spacial score (nSPS) is 11.4. The lowest BCUT2D eigenvalue weighted by Gasteiger charge is -2.16. The van der Waals surface area contributed by atoms with Gasteiger partial charge in [0.15, 0.2) is 17.5 Å². The van der Waals surface area contributed by atoms with E-state index in [0.29, 0.717) is 11.8 Å². The molecule has 0 bridgehead atoms. The highest BCUT2D eigenvalue weighted by Gasteiger charge is 2.17. The van der Waals surface area contributed by atoms with Crippen LogP contribution < -0.4 is 15.8 Å². The maximum atomic E-state index is 13.6. The Morgan fingerprint density at radius 2 is 1.48 bits per heavy atom. The lowest BCUT2D eigenvalue weighted by atomic mass is 10.2. The van der Waals surface area contributed by atoms with E-state index in [1.807, 2.05) is 0 Å². The van der Waals surface area contributed by atoms with Crippen LogP contribution in [0.1, 0.15) is 0 Å². The van der Waals surface area contributed by atoms with Gasteiger partial charge < -0.3 is 10.6 Å². The van der Waals surface area contributed by atoms with Crippen molar-refractivity contribution < 1.29 is 31.2 Å². The van der Waals surface area contributed by atoms with E-state index in [9.17, 15) is 31.2 Å². The van der Waals surface area contributed by atoms with Gasteiger partial charge in [-0.15, -0.1) is 0 Å². The number of benzene rings is 2. The number of anilines is 2. The Bertz CT molecular complexity index is 1030. The van der Waals surface area contributed by atoms with Crippen LogP contribution in [0.2, 0.25) is 0 Å². The molecule has 4 N–H and O–H groups in total. The predicted octanol–water partition coefficient (Wildman–Crippen LogP) is 1.26. The zero-order valence-corrected chi connectivity index (χ0v) is 15.9. The number of carbonyl (C=O) groups excluding carboxylic acids is 2. The maximum absolute atomic E-state index is 13.6. The Labute approximate surface area is 164 Å². The molecule has 0 spiro atoms. The second-order valence-electron chi connectivity index (χ2n) is 6.06. The fraction of sp³-hybridized carbons (Fsp3) is 0.176.